The Labute approximate surface area is 119 Å². The summed E-state index contributed by atoms with van der Waals surface area (Å²) in [6, 6.07) is 5.77. The fourth-order valence-electron chi connectivity index (χ4n) is 2.27. The minimum atomic E-state index is 0.408. The summed E-state index contributed by atoms with van der Waals surface area (Å²) in [5.74, 6) is 0. The molecule has 0 amide bonds. The van der Waals surface area contributed by atoms with Crippen LogP contribution in [-0.2, 0) is 0 Å². The fraction of sp³-hybridized carbons (Fsp3) is 0.462. The van der Waals surface area contributed by atoms with Crippen LogP contribution < -0.4 is 10.6 Å². The highest BCUT2D eigenvalue weighted by molar-refractivity contribution is 7.80. The molecule has 1 aliphatic rings. The Morgan fingerprint density at radius 1 is 1.28 bits per heavy atom. The summed E-state index contributed by atoms with van der Waals surface area (Å²) in [5.41, 5.74) is 7.77. The van der Waals surface area contributed by atoms with Crippen LogP contribution in [0.1, 0.15) is 12.0 Å². The molecule has 1 fully saturated rings. The van der Waals surface area contributed by atoms with Gasteiger partial charge in [0.15, 0.2) is 0 Å². The molecular formula is C13H18ClN3S. The molecule has 0 radical (unpaired) electrons. The number of halogens is 1. The van der Waals surface area contributed by atoms with Crippen LogP contribution in [0.5, 0.6) is 0 Å². The molecule has 0 saturated carbocycles. The zero-order chi connectivity index (χ0) is 13.1. The second kappa shape index (κ2) is 5.87. The third-order valence-electron chi connectivity index (χ3n) is 3.28. The fourth-order valence-corrected chi connectivity index (χ4v) is 2.60. The highest BCUT2D eigenvalue weighted by Crippen LogP contribution is 2.25. The van der Waals surface area contributed by atoms with Crippen molar-refractivity contribution in [2.75, 3.05) is 38.1 Å². The molecule has 2 N–H and O–H groups in total. The van der Waals surface area contributed by atoms with Crippen molar-refractivity contribution >= 4 is 34.5 Å². The van der Waals surface area contributed by atoms with Crippen LogP contribution in [0.15, 0.2) is 18.2 Å². The maximum atomic E-state index is 6.01. The first-order chi connectivity index (χ1) is 8.58. The van der Waals surface area contributed by atoms with Crippen LogP contribution in [0.25, 0.3) is 0 Å². The van der Waals surface area contributed by atoms with Gasteiger partial charge in [0, 0.05) is 35.9 Å². The SMILES string of the molecule is CN1CCCN(c2ccc(Cl)cc2C(N)=S)CC1. The lowest BCUT2D eigenvalue weighted by Gasteiger charge is -2.25. The van der Waals surface area contributed by atoms with Crippen molar-refractivity contribution < 1.29 is 0 Å². The number of likely N-dealkylation sites (N-methyl/N-ethyl adjacent to an activating group) is 1. The average molecular weight is 284 g/mol. The molecule has 0 spiro atoms. The number of rotatable bonds is 2. The van der Waals surface area contributed by atoms with E-state index in [1.165, 1.54) is 0 Å². The second-order valence-electron chi connectivity index (χ2n) is 4.67. The number of hydrogen-bond acceptors (Lipinski definition) is 3. The predicted molar refractivity (Wildman–Crippen MR) is 81.7 cm³/mol. The highest BCUT2D eigenvalue weighted by atomic mass is 35.5. The number of hydrogen-bond donors (Lipinski definition) is 1. The normalized spacial score (nSPS) is 17.6. The van der Waals surface area contributed by atoms with Crippen LogP contribution >= 0.6 is 23.8 Å². The molecule has 0 aromatic heterocycles. The van der Waals surface area contributed by atoms with E-state index in [1.807, 2.05) is 18.2 Å². The first kappa shape index (κ1) is 13.6. The minimum Gasteiger partial charge on any atom is -0.389 e. The topological polar surface area (TPSA) is 32.5 Å². The van der Waals surface area contributed by atoms with Gasteiger partial charge in [-0.25, -0.2) is 0 Å². The third kappa shape index (κ3) is 3.13. The van der Waals surface area contributed by atoms with E-state index in [4.69, 9.17) is 29.6 Å². The molecular weight excluding hydrogens is 266 g/mol. The van der Waals surface area contributed by atoms with E-state index >= 15 is 0 Å². The number of nitrogens with zero attached hydrogens (tertiary/aromatic N) is 2. The van der Waals surface area contributed by atoms with Crippen LogP contribution in [0.4, 0.5) is 5.69 Å². The summed E-state index contributed by atoms with van der Waals surface area (Å²) in [4.78, 5) is 5.09. The van der Waals surface area contributed by atoms with E-state index in [0.29, 0.717) is 10.0 Å². The number of anilines is 1. The average Bonchev–Trinajstić information content (AvgIpc) is 2.54. The zero-order valence-corrected chi connectivity index (χ0v) is 12.1. The minimum absolute atomic E-state index is 0.408. The van der Waals surface area contributed by atoms with Crippen LogP contribution in [0.2, 0.25) is 5.02 Å². The van der Waals surface area contributed by atoms with E-state index < -0.39 is 0 Å². The van der Waals surface area contributed by atoms with E-state index in [1.54, 1.807) is 0 Å². The van der Waals surface area contributed by atoms with E-state index in [9.17, 15) is 0 Å². The molecule has 1 heterocycles. The van der Waals surface area contributed by atoms with Crippen molar-refractivity contribution in [3.63, 3.8) is 0 Å². The summed E-state index contributed by atoms with van der Waals surface area (Å²) in [6.07, 6.45) is 1.15. The van der Waals surface area contributed by atoms with Crippen LogP contribution in [-0.4, -0.2) is 43.1 Å². The van der Waals surface area contributed by atoms with Crippen molar-refractivity contribution in [2.24, 2.45) is 5.73 Å². The number of thiocarbonyl (C=S) groups is 1. The van der Waals surface area contributed by atoms with Crippen molar-refractivity contribution in [2.45, 2.75) is 6.42 Å². The van der Waals surface area contributed by atoms with E-state index in [2.05, 4.69) is 16.8 Å². The molecule has 0 unspecified atom stereocenters. The van der Waals surface area contributed by atoms with Gasteiger partial charge in [-0.05, 0) is 38.2 Å². The molecule has 18 heavy (non-hydrogen) atoms. The standard InChI is InChI=1S/C13H18ClN3S/c1-16-5-2-6-17(8-7-16)12-4-3-10(14)9-11(12)13(15)18/h3-4,9H,2,5-8H2,1H3,(H2,15,18). The largest absolute Gasteiger partial charge is 0.389 e. The lowest BCUT2D eigenvalue weighted by atomic mass is 10.1. The molecule has 98 valence electrons. The summed E-state index contributed by atoms with van der Waals surface area (Å²) in [6.45, 7) is 4.21. The summed E-state index contributed by atoms with van der Waals surface area (Å²) in [7, 11) is 2.15. The lowest BCUT2D eigenvalue weighted by Crippen LogP contribution is -2.30. The summed E-state index contributed by atoms with van der Waals surface area (Å²) < 4.78 is 0. The van der Waals surface area contributed by atoms with Gasteiger partial charge in [-0.1, -0.05) is 23.8 Å². The van der Waals surface area contributed by atoms with Gasteiger partial charge >= 0.3 is 0 Å². The first-order valence-electron chi connectivity index (χ1n) is 6.11. The van der Waals surface area contributed by atoms with Crippen molar-refractivity contribution in [3.05, 3.63) is 28.8 Å². The van der Waals surface area contributed by atoms with Crippen molar-refractivity contribution in [3.8, 4) is 0 Å². The van der Waals surface area contributed by atoms with E-state index in [0.717, 1.165) is 43.9 Å². The molecule has 1 aliphatic heterocycles. The lowest BCUT2D eigenvalue weighted by molar-refractivity contribution is 0.360. The Balaban J connectivity index is 2.29. The third-order valence-corrected chi connectivity index (χ3v) is 3.74. The van der Waals surface area contributed by atoms with Gasteiger partial charge in [0.25, 0.3) is 0 Å². The van der Waals surface area contributed by atoms with Crippen LogP contribution in [0.3, 0.4) is 0 Å². The summed E-state index contributed by atoms with van der Waals surface area (Å²) in [5, 5.41) is 0.675. The van der Waals surface area contributed by atoms with Gasteiger partial charge in [-0.15, -0.1) is 0 Å². The number of nitrogens with two attached hydrogens (primary N) is 1. The van der Waals surface area contributed by atoms with Gasteiger partial charge in [-0.3, -0.25) is 0 Å². The van der Waals surface area contributed by atoms with Crippen molar-refractivity contribution in [1.29, 1.82) is 0 Å². The number of benzene rings is 1. The maximum Gasteiger partial charge on any atom is 0.106 e. The molecule has 0 aliphatic carbocycles. The Kier molecular flexibility index (Phi) is 4.43. The van der Waals surface area contributed by atoms with Gasteiger partial charge < -0.3 is 15.5 Å². The van der Waals surface area contributed by atoms with Crippen LogP contribution in [0, 0.1) is 0 Å². The molecule has 1 aromatic rings. The first-order valence-corrected chi connectivity index (χ1v) is 6.89. The van der Waals surface area contributed by atoms with Gasteiger partial charge in [0.2, 0.25) is 0 Å². The molecule has 1 aromatic carbocycles. The molecule has 0 atom stereocenters. The van der Waals surface area contributed by atoms with Gasteiger partial charge in [0.1, 0.15) is 4.99 Å². The Hall–Kier alpha value is -0.840. The monoisotopic (exact) mass is 283 g/mol. The smallest absolute Gasteiger partial charge is 0.106 e. The highest BCUT2D eigenvalue weighted by Gasteiger charge is 2.16. The van der Waals surface area contributed by atoms with Gasteiger partial charge in [0.05, 0.1) is 0 Å². The second-order valence-corrected chi connectivity index (χ2v) is 5.55. The quantitative estimate of drug-likeness (QED) is 0.843. The molecule has 0 bridgehead atoms. The zero-order valence-electron chi connectivity index (χ0n) is 10.5. The maximum absolute atomic E-state index is 6.01. The predicted octanol–water partition coefficient (Wildman–Crippen LogP) is 2.12. The van der Waals surface area contributed by atoms with Gasteiger partial charge in [-0.2, -0.15) is 0 Å². The molecule has 1 saturated heterocycles. The molecule has 5 heteroatoms. The Morgan fingerprint density at radius 2 is 2.06 bits per heavy atom. The molecule has 3 nitrogen and oxygen atoms in total. The summed E-state index contributed by atoms with van der Waals surface area (Å²) >= 11 is 11.1. The molecule has 2 rings (SSSR count). The van der Waals surface area contributed by atoms with Crippen molar-refractivity contribution in [1.82, 2.24) is 4.90 Å². The van der Waals surface area contributed by atoms with E-state index in [-0.39, 0.29) is 0 Å². The Bertz CT molecular complexity index is 450. The Morgan fingerprint density at radius 3 is 2.78 bits per heavy atom.